The summed E-state index contributed by atoms with van der Waals surface area (Å²) < 4.78 is 27.6. The Labute approximate surface area is 121 Å². The zero-order valence-electron chi connectivity index (χ0n) is 12.0. The first-order valence-corrected chi connectivity index (χ1v) is 8.84. The second-order valence-electron chi connectivity index (χ2n) is 5.61. The van der Waals surface area contributed by atoms with E-state index in [0.717, 1.165) is 31.2 Å². The first kappa shape index (κ1) is 15.5. The molecule has 0 radical (unpaired) electrons. The van der Waals surface area contributed by atoms with E-state index in [1.807, 2.05) is 0 Å². The van der Waals surface area contributed by atoms with Crippen LogP contribution >= 0.6 is 0 Å². The average molecular weight is 296 g/mol. The monoisotopic (exact) mass is 296 g/mol. The fourth-order valence-electron chi connectivity index (χ4n) is 2.86. The largest absolute Gasteiger partial charge is 0.326 e. The molecule has 1 aliphatic rings. The maximum atomic E-state index is 12.4. The lowest BCUT2D eigenvalue weighted by atomic mass is 9.85. The minimum atomic E-state index is -3.41. The Bertz CT molecular complexity index is 525. The maximum Gasteiger partial charge on any atom is 0.240 e. The third kappa shape index (κ3) is 3.81. The van der Waals surface area contributed by atoms with Gasteiger partial charge in [-0.2, -0.15) is 0 Å². The zero-order chi connectivity index (χ0) is 14.6. The standard InChI is InChI=1S/C15H24N2O2S/c1-2-12-4-3-5-14(10-12)17-20(18,19)15-8-6-13(11-16)7-9-15/h6-9,12,14,17H,2-5,10-11,16H2,1H3. The third-order valence-electron chi connectivity index (χ3n) is 4.15. The molecule has 0 aromatic heterocycles. The summed E-state index contributed by atoms with van der Waals surface area (Å²) in [5.41, 5.74) is 6.46. The van der Waals surface area contributed by atoms with Crippen LogP contribution in [0.4, 0.5) is 0 Å². The van der Waals surface area contributed by atoms with Crippen molar-refractivity contribution in [2.45, 2.75) is 56.5 Å². The molecule has 1 aromatic carbocycles. The summed E-state index contributed by atoms with van der Waals surface area (Å²) in [6, 6.07) is 6.87. The fraction of sp³-hybridized carbons (Fsp3) is 0.600. The highest BCUT2D eigenvalue weighted by Crippen LogP contribution is 2.27. The minimum absolute atomic E-state index is 0.0767. The summed E-state index contributed by atoms with van der Waals surface area (Å²) in [5.74, 6) is 0.649. The van der Waals surface area contributed by atoms with Gasteiger partial charge in [-0.15, -0.1) is 0 Å². The molecule has 0 bridgehead atoms. The summed E-state index contributed by atoms with van der Waals surface area (Å²) in [7, 11) is -3.41. The van der Waals surface area contributed by atoms with Crippen LogP contribution in [0, 0.1) is 5.92 Å². The van der Waals surface area contributed by atoms with Crippen LogP contribution in [0.1, 0.15) is 44.6 Å². The van der Waals surface area contributed by atoms with Crippen LogP contribution in [0.25, 0.3) is 0 Å². The van der Waals surface area contributed by atoms with Crippen LogP contribution < -0.4 is 10.5 Å². The van der Waals surface area contributed by atoms with Crippen molar-refractivity contribution in [1.82, 2.24) is 4.72 Å². The second-order valence-corrected chi connectivity index (χ2v) is 7.32. The Morgan fingerprint density at radius 2 is 1.95 bits per heavy atom. The topological polar surface area (TPSA) is 72.2 Å². The lowest BCUT2D eigenvalue weighted by molar-refractivity contribution is 0.301. The van der Waals surface area contributed by atoms with Gasteiger partial charge in [0.1, 0.15) is 0 Å². The smallest absolute Gasteiger partial charge is 0.240 e. The average Bonchev–Trinajstić information content (AvgIpc) is 2.47. The number of benzene rings is 1. The highest BCUT2D eigenvalue weighted by Gasteiger charge is 2.25. The van der Waals surface area contributed by atoms with Crippen molar-refractivity contribution in [3.05, 3.63) is 29.8 Å². The van der Waals surface area contributed by atoms with Gasteiger partial charge in [0.05, 0.1) is 4.90 Å². The van der Waals surface area contributed by atoms with Gasteiger partial charge in [0.2, 0.25) is 10.0 Å². The third-order valence-corrected chi connectivity index (χ3v) is 5.69. The van der Waals surface area contributed by atoms with Gasteiger partial charge in [0.15, 0.2) is 0 Å². The number of nitrogens with two attached hydrogens (primary N) is 1. The van der Waals surface area contributed by atoms with Gasteiger partial charge in [0, 0.05) is 12.6 Å². The number of nitrogens with one attached hydrogen (secondary N) is 1. The fourth-order valence-corrected chi connectivity index (χ4v) is 4.14. The Kier molecular flexibility index (Phi) is 5.18. The van der Waals surface area contributed by atoms with Crippen LogP contribution in [0.2, 0.25) is 0 Å². The van der Waals surface area contributed by atoms with Gasteiger partial charge < -0.3 is 5.73 Å². The molecule has 0 saturated heterocycles. The number of sulfonamides is 1. The summed E-state index contributed by atoms with van der Waals surface area (Å²) in [5, 5.41) is 0. The molecule has 0 spiro atoms. The normalized spacial score (nSPS) is 23.7. The van der Waals surface area contributed by atoms with Gasteiger partial charge in [0.25, 0.3) is 0 Å². The Hall–Kier alpha value is -0.910. The van der Waals surface area contributed by atoms with Crippen molar-refractivity contribution < 1.29 is 8.42 Å². The Morgan fingerprint density at radius 3 is 2.55 bits per heavy atom. The highest BCUT2D eigenvalue weighted by molar-refractivity contribution is 7.89. The van der Waals surface area contributed by atoms with Crippen molar-refractivity contribution in [2.75, 3.05) is 0 Å². The molecule has 4 nitrogen and oxygen atoms in total. The predicted octanol–water partition coefficient (Wildman–Crippen LogP) is 2.39. The molecule has 20 heavy (non-hydrogen) atoms. The quantitative estimate of drug-likeness (QED) is 0.876. The van der Waals surface area contributed by atoms with Gasteiger partial charge in [-0.3, -0.25) is 0 Å². The molecule has 1 fully saturated rings. The van der Waals surface area contributed by atoms with Gasteiger partial charge >= 0.3 is 0 Å². The van der Waals surface area contributed by atoms with Crippen LogP contribution in [0.3, 0.4) is 0 Å². The highest BCUT2D eigenvalue weighted by atomic mass is 32.2. The molecule has 5 heteroatoms. The van der Waals surface area contributed by atoms with Crippen LogP contribution in [-0.4, -0.2) is 14.5 Å². The van der Waals surface area contributed by atoms with E-state index in [4.69, 9.17) is 5.73 Å². The lowest BCUT2D eigenvalue weighted by Crippen LogP contribution is -2.38. The Morgan fingerprint density at radius 1 is 1.25 bits per heavy atom. The van der Waals surface area contributed by atoms with E-state index in [1.165, 1.54) is 6.42 Å². The minimum Gasteiger partial charge on any atom is -0.326 e. The van der Waals surface area contributed by atoms with Gasteiger partial charge in [-0.1, -0.05) is 38.3 Å². The Balaban J connectivity index is 2.06. The van der Waals surface area contributed by atoms with Crippen LogP contribution in [0.5, 0.6) is 0 Å². The van der Waals surface area contributed by atoms with Crippen LogP contribution in [0.15, 0.2) is 29.2 Å². The SMILES string of the molecule is CCC1CCCC(NS(=O)(=O)c2ccc(CN)cc2)C1. The van der Waals surface area contributed by atoms with E-state index >= 15 is 0 Å². The second kappa shape index (κ2) is 6.70. The number of hydrogen-bond donors (Lipinski definition) is 2. The van der Waals surface area contributed by atoms with Crippen LogP contribution in [-0.2, 0) is 16.6 Å². The molecule has 112 valence electrons. The molecule has 1 aromatic rings. The lowest BCUT2D eigenvalue weighted by Gasteiger charge is -2.28. The summed E-state index contributed by atoms with van der Waals surface area (Å²) >= 11 is 0. The van der Waals surface area contributed by atoms with E-state index in [2.05, 4.69) is 11.6 Å². The molecule has 2 rings (SSSR count). The summed E-state index contributed by atoms with van der Waals surface area (Å²) in [6.45, 7) is 2.60. The molecule has 0 amide bonds. The molecule has 1 aliphatic carbocycles. The molecule has 0 aliphatic heterocycles. The van der Waals surface area contributed by atoms with Crippen molar-refractivity contribution in [3.63, 3.8) is 0 Å². The first-order valence-electron chi connectivity index (χ1n) is 7.36. The van der Waals surface area contributed by atoms with Crippen molar-refractivity contribution in [2.24, 2.45) is 11.7 Å². The summed E-state index contributed by atoms with van der Waals surface area (Å²) in [6.07, 6.45) is 5.36. The number of rotatable bonds is 5. The van der Waals surface area contributed by atoms with Crippen molar-refractivity contribution in [1.29, 1.82) is 0 Å². The maximum absolute atomic E-state index is 12.4. The van der Waals surface area contributed by atoms with Crippen molar-refractivity contribution >= 4 is 10.0 Å². The molecule has 0 heterocycles. The first-order chi connectivity index (χ1) is 9.55. The van der Waals surface area contributed by atoms with E-state index < -0.39 is 10.0 Å². The summed E-state index contributed by atoms with van der Waals surface area (Å²) in [4.78, 5) is 0.327. The molecule has 3 N–H and O–H groups in total. The molecular weight excluding hydrogens is 272 g/mol. The predicted molar refractivity (Wildman–Crippen MR) is 80.7 cm³/mol. The van der Waals surface area contributed by atoms with Gasteiger partial charge in [-0.25, -0.2) is 13.1 Å². The molecule has 2 unspecified atom stereocenters. The van der Waals surface area contributed by atoms with Crippen molar-refractivity contribution in [3.8, 4) is 0 Å². The van der Waals surface area contributed by atoms with Gasteiger partial charge in [-0.05, 0) is 36.5 Å². The molecular formula is C15H24N2O2S. The zero-order valence-corrected chi connectivity index (χ0v) is 12.8. The van der Waals surface area contributed by atoms with E-state index in [1.54, 1.807) is 24.3 Å². The van der Waals surface area contributed by atoms with E-state index in [-0.39, 0.29) is 6.04 Å². The molecule has 2 atom stereocenters. The number of hydrogen-bond acceptors (Lipinski definition) is 3. The van der Waals surface area contributed by atoms with E-state index in [0.29, 0.717) is 17.4 Å². The van der Waals surface area contributed by atoms with E-state index in [9.17, 15) is 8.42 Å². The molecule has 1 saturated carbocycles.